The van der Waals surface area contributed by atoms with Crippen LogP contribution in [0.4, 0.5) is 0 Å². The van der Waals surface area contributed by atoms with Crippen LogP contribution < -0.4 is 5.32 Å². The van der Waals surface area contributed by atoms with Gasteiger partial charge in [0.15, 0.2) is 5.11 Å². The van der Waals surface area contributed by atoms with E-state index >= 15 is 0 Å². The van der Waals surface area contributed by atoms with Crippen molar-refractivity contribution in [3.63, 3.8) is 0 Å². The van der Waals surface area contributed by atoms with Crippen LogP contribution in [-0.4, -0.2) is 65.2 Å². The van der Waals surface area contributed by atoms with Crippen LogP contribution in [0.5, 0.6) is 0 Å². The van der Waals surface area contributed by atoms with Gasteiger partial charge in [-0.15, -0.1) is 0 Å². The molecule has 1 unspecified atom stereocenters. The third kappa shape index (κ3) is 3.00. The molecule has 2 heterocycles. The second-order valence-corrected chi connectivity index (χ2v) is 6.10. The lowest BCUT2D eigenvalue weighted by atomic mass is 9.98. The van der Waals surface area contributed by atoms with Gasteiger partial charge in [0.1, 0.15) is 0 Å². The second kappa shape index (κ2) is 5.63. The summed E-state index contributed by atoms with van der Waals surface area (Å²) >= 11 is 5.58. The molecule has 0 spiro atoms. The minimum absolute atomic E-state index is 0.154. The highest BCUT2D eigenvalue weighted by Crippen LogP contribution is 2.28. The van der Waals surface area contributed by atoms with Gasteiger partial charge in [-0.1, -0.05) is 0 Å². The van der Waals surface area contributed by atoms with Crippen molar-refractivity contribution in [2.75, 3.05) is 32.8 Å². The van der Waals surface area contributed by atoms with Crippen LogP contribution in [0.2, 0.25) is 0 Å². The third-order valence-corrected chi connectivity index (χ3v) is 4.29. The number of carbonyl (C=O) groups is 1. The molecule has 6 heteroatoms. The molecule has 1 N–H and O–H groups in total. The normalized spacial score (nSPS) is 23.5. The van der Waals surface area contributed by atoms with Crippen LogP contribution in [-0.2, 0) is 9.53 Å². The Morgan fingerprint density at radius 2 is 2.32 bits per heavy atom. The van der Waals surface area contributed by atoms with Gasteiger partial charge in [-0.05, 0) is 33.0 Å². The fraction of sp³-hybridized carbons (Fsp3) is 0.846. The summed E-state index contributed by atoms with van der Waals surface area (Å²) in [5.41, 5.74) is -0.291. The summed E-state index contributed by atoms with van der Waals surface area (Å²) in [6.07, 6.45) is 0.370. The lowest BCUT2D eigenvalue weighted by Crippen LogP contribution is -2.50. The summed E-state index contributed by atoms with van der Waals surface area (Å²) in [5, 5.41) is 4.27. The number of esters is 1. The Morgan fingerprint density at radius 3 is 2.95 bits per heavy atom. The van der Waals surface area contributed by atoms with Crippen LogP contribution in [0.3, 0.4) is 0 Å². The number of piperazine rings is 1. The minimum atomic E-state index is -0.291. The summed E-state index contributed by atoms with van der Waals surface area (Å²) in [7, 11) is 0. The maximum Gasteiger partial charge on any atom is 0.308 e. The van der Waals surface area contributed by atoms with Gasteiger partial charge >= 0.3 is 5.97 Å². The quantitative estimate of drug-likeness (QED) is 0.602. The third-order valence-electron chi connectivity index (χ3n) is 3.83. The Balaban J connectivity index is 2.04. The van der Waals surface area contributed by atoms with Crippen LogP contribution >= 0.6 is 12.2 Å². The second-order valence-electron chi connectivity index (χ2n) is 5.74. The van der Waals surface area contributed by atoms with Crippen LogP contribution in [0.25, 0.3) is 0 Å². The topological polar surface area (TPSA) is 44.8 Å². The Kier molecular flexibility index (Phi) is 4.30. The van der Waals surface area contributed by atoms with E-state index in [1.165, 1.54) is 0 Å². The van der Waals surface area contributed by atoms with Gasteiger partial charge in [0.05, 0.1) is 19.1 Å². The summed E-state index contributed by atoms with van der Waals surface area (Å²) in [6, 6.07) is 0.433. The van der Waals surface area contributed by atoms with Crippen LogP contribution in [0.1, 0.15) is 27.2 Å². The molecule has 0 bridgehead atoms. The highest BCUT2D eigenvalue weighted by Gasteiger charge is 2.42. The fourth-order valence-electron chi connectivity index (χ4n) is 2.79. The number of hydrogen-bond donors (Lipinski definition) is 1. The van der Waals surface area contributed by atoms with Crippen molar-refractivity contribution in [2.24, 2.45) is 0 Å². The largest absolute Gasteiger partial charge is 0.466 e. The number of thiocarbonyl (C=S) groups is 1. The highest BCUT2D eigenvalue weighted by atomic mass is 32.1. The molecule has 2 fully saturated rings. The molecule has 19 heavy (non-hydrogen) atoms. The van der Waals surface area contributed by atoms with E-state index in [9.17, 15) is 4.79 Å². The lowest BCUT2D eigenvalue weighted by Gasteiger charge is -2.36. The smallest absolute Gasteiger partial charge is 0.308 e. The molecule has 1 atom stereocenters. The molecule has 0 aliphatic carbocycles. The predicted molar refractivity (Wildman–Crippen MR) is 78.0 cm³/mol. The van der Waals surface area contributed by atoms with Gasteiger partial charge in [-0.3, -0.25) is 4.79 Å². The molecule has 0 saturated carbocycles. The number of rotatable bonds is 4. The van der Waals surface area contributed by atoms with Crippen molar-refractivity contribution in [1.29, 1.82) is 0 Å². The Labute approximate surface area is 120 Å². The number of nitrogens with zero attached hydrogens (tertiary/aromatic N) is 2. The van der Waals surface area contributed by atoms with Crippen molar-refractivity contribution < 1.29 is 9.53 Å². The van der Waals surface area contributed by atoms with Crippen LogP contribution in [0, 0.1) is 0 Å². The molecule has 5 nitrogen and oxygen atoms in total. The first-order valence-electron chi connectivity index (χ1n) is 6.90. The van der Waals surface area contributed by atoms with E-state index in [2.05, 4.69) is 29.0 Å². The van der Waals surface area contributed by atoms with Crippen molar-refractivity contribution in [3.8, 4) is 0 Å². The molecule has 0 amide bonds. The molecule has 2 rings (SSSR count). The summed E-state index contributed by atoms with van der Waals surface area (Å²) < 4.78 is 5.06. The zero-order valence-electron chi connectivity index (χ0n) is 11.9. The van der Waals surface area contributed by atoms with E-state index in [1.807, 2.05) is 6.92 Å². The first kappa shape index (κ1) is 14.5. The average Bonchev–Trinajstić information content (AvgIpc) is 2.68. The monoisotopic (exact) mass is 285 g/mol. The van der Waals surface area contributed by atoms with E-state index in [0.717, 1.165) is 31.3 Å². The van der Waals surface area contributed by atoms with Crippen molar-refractivity contribution in [1.82, 2.24) is 15.1 Å². The number of fused-ring (bicyclic) bond motifs is 1. The zero-order valence-corrected chi connectivity index (χ0v) is 12.8. The Bertz CT molecular complexity index is 373. The van der Waals surface area contributed by atoms with E-state index in [4.69, 9.17) is 17.0 Å². The highest BCUT2D eigenvalue weighted by molar-refractivity contribution is 7.80. The number of carbonyl (C=O) groups excluding carboxylic acids is 1. The molecule has 0 aromatic rings. The van der Waals surface area contributed by atoms with Crippen LogP contribution in [0.15, 0.2) is 0 Å². The maximum absolute atomic E-state index is 11.7. The van der Waals surface area contributed by atoms with E-state index < -0.39 is 0 Å². The Morgan fingerprint density at radius 1 is 1.58 bits per heavy atom. The fourth-order valence-corrected chi connectivity index (χ4v) is 3.35. The first-order valence-corrected chi connectivity index (χ1v) is 7.31. The summed E-state index contributed by atoms with van der Waals surface area (Å²) in [6.45, 7) is 10.2. The Hall–Kier alpha value is -0.880. The number of ether oxygens (including phenoxy) is 1. The van der Waals surface area contributed by atoms with E-state index in [1.54, 1.807) is 0 Å². The van der Waals surface area contributed by atoms with Gasteiger partial charge in [-0.25, -0.2) is 0 Å². The molecule has 0 aromatic heterocycles. The first-order chi connectivity index (χ1) is 8.95. The van der Waals surface area contributed by atoms with E-state index in [-0.39, 0.29) is 11.5 Å². The standard InChI is InChI=1S/C13H23N3O2S/c1-4-18-11(17)7-13(2,3)16-9-10-8-14-5-6-15(10)12(16)19/h10,14H,4-9H2,1-3H3. The average molecular weight is 285 g/mol. The van der Waals surface area contributed by atoms with E-state index in [0.29, 0.717) is 19.1 Å². The molecule has 2 saturated heterocycles. The molecule has 108 valence electrons. The van der Waals surface area contributed by atoms with Gasteiger partial charge in [0, 0.05) is 31.7 Å². The van der Waals surface area contributed by atoms with Gasteiger partial charge in [-0.2, -0.15) is 0 Å². The van der Waals surface area contributed by atoms with Gasteiger partial charge < -0.3 is 19.9 Å². The van der Waals surface area contributed by atoms with Crippen molar-refractivity contribution in [2.45, 2.75) is 38.8 Å². The predicted octanol–water partition coefficient (Wildman–Crippen LogP) is 0.593. The van der Waals surface area contributed by atoms with Crippen molar-refractivity contribution in [3.05, 3.63) is 0 Å². The zero-order chi connectivity index (χ0) is 14.0. The van der Waals surface area contributed by atoms with Gasteiger partial charge in [0.25, 0.3) is 0 Å². The molecule has 0 aromatic carbocycles. The van der Waals surface area contributed by atoms with Gasteiger partial charge in [0.2, 0.25) is 0 Å². The molecular formula is C13H23N3O2S. The molecule has 2 aliphatic rings. The number of hydrogen-bond acceptors (Lipinski definition) is 4. The molecule has 0 radical (unpaired) electrons. The minimum Gasteiger partial charge on any atom is -0.466 e. The summed E-state index contributed by atoms with van der Waals surface area (Å²) in [4.78, 5) is 16.2. The number of nitrogens with one attached hydrogen (secondary N) is 1. The SMILES string of the molecule is CCOC(=O)CC(C)(C)N1CC2CNCCN2C1=S. The molecular weight excluding hydrogens is 262 g/mol. The maximum atomic E-state index is 11.7. The lowest BCUT2D eigenvalue weighted by molar-refractivity contribution is -0.145. The summed E-state index contributed by atoms with van der Waals surface area (Å²) in [5.74, 6) is -0.154. The van der Waals surface area contributed by atoms with Crippen molar-refractivity contribution >= 4 is 23.3 Å². The molecule has 2 aliphatic heterocycles.